The molecular weight excluding hydrogens is 624 g/mol. The quantitative estimate of drug-likeness (QED) is 0.212. The molecule has 49 heavy (non-hydrogen) atoms. The highest BCUT2D eigenvalue weighted by atomic mass is 16.2. The number of hydrogen-bond donors (Lipinski definition) is 5. The third-order valence-electron chi connectivity index (χ3n) is 10.6. The van der Waals surface area contributed by atoms with Crippen LogP contribution in [0.3, 0.4) is 0 Å². The van der Waals surface area contributed by atoms with Gasteiger partial charge in [0, 0.05) is 12.2 Å². The third-order valence-corrected chi connectivity index (χ3v) is 10.6. The second-order valence-electron chi connectivity index (χ2n) is 16.8. The van der Waals surface area contributed by atoms with Gasteiger partial charge >= 0.3 is 6.03 Å². The molecular formula is C37H54N6O6. The molecule has 6 atom stereocenters. The Morgan fingerprint density at radius 2 is 1.49 bits per heavy atom. The van der Waals surface area contributed by atoms with Crippen molar-refractivity contribution in [3.63, 3.8) is 0 Å². The number of fused-ring (bicyclic) bond motifs is 1. The Balaban J connectivity index is 1.52. The van der Waals surface area contributed by atoms with E-state index in [0.717, 1.165) is 24.8 Å². The van der Waals surface area contributed by atoms with Gasteiger partial charge in [0.05, 0.1) is 6.04 Å². The van der Waals surface area contributed by atoms with Crippen LogP contribution < -0.4 is 27.0 Å². The van der Waals surface area contributed by atoms with Crippen LogP contribution in [0, 0.1) is 34.0 Å². The van der Waals surface area contributed by atoms with Crippen molar-refractivity contribution in [2.75, 3.05) is 6.54 Å². The van der Waals surface area contributed by atoms with Crippen LogP contribution in [0.1, 0.15) is 86.6 Å². The van der Waals surface area contributed by atoms with Crippen molar-refractivity contribution in [1.82, 2.24) is 26.2 Å². The zero-order valence-electron chi connectivity index (χ0n) is 30.1. The number of ketones is 1. The number of nitrogens with two attached hydrogens (primary N) is 1. The Morgan fingerprint density at radius 1 is 0.918 bits per heavy atom. The van der Waals surface area contributed by atoms with Crippen molar-refractivity contribution < 1.29 is 28.8 Å². The number of piperidine rings is 1. The predicted octanol–water partition coefficient (Wildman–Crippen LogP) is 3.11. The number of hydrogen-bond acceptors (Lipinski definition) is 6. The van der Waals surface area contributed by atoms with Gasteiger partial charge in [-0.05, 0) is 46.0 Å². The van der Waals surface area contributed by atoms with Crippen molar-refractivity contribution >= 4 is 41.1 Å². The van der Waals surface area contributed by atoms with Crippen LogP contribution in [0.25, 0.3) is 5.70 Å². The van der Waals surface area contributed by atoms with Gasteiger partial charge in [-0.25, -0.2) is 4.79 Å². The standard InChI is InChI=1S/C37H54N6O6/c1-20(22-16-11-10-12-17-22)39-32(47)28(35(2,3)4)41-34(49)42-29(36(5,6)7)33(48)43-19-23-25(37(23,8)9)26(43)31(46)40-24(27(44)30(38)45)18-21-14-13-15-21/h10-12,16-17,21,23-26,28-29H,1,13-15,18-19H2,2-9H3,(H2,38,45)(H,39,47)(H,40,46)(H2,41,42,49)/t23-,24?,25-,26-,28+,29+/m0/s1. The molecule has 3 fully saturated rings. The molecule has 0 spiro atoms. The molecule has 1 aromatic carbocycles. The Hall–Kier alpha value is -4.22. The predicted molar refractivity (Wildman–Crippen MR) is 186 cm³/mol. The average Bonchev–Trinajstić information content (AvgIpc) is 3.30. The number of benzene rings is 1. The van der Waals surface area contributed by atoms with E-state index in [1.54, 1.807) is 0 Å². The molecule has 6 amide bonds. The number of Topliss-reactive ketones (excluding diaryl/α,β-unsaturated/α-hetero) is 1. The SMILES string of the molecule is C=C(NC(=O)[C@@H](NC(=O)N[C@H](C(=O)N1C[C@H]2[C@@H]([C@H]1C(=O)NC(CC1CCC1)C(=O)C(N)=O)C2(C)C)C(C)(C)C)C(C)(C)C)c1ccccc1. The first-order chi connectivity index (χ1) is 22.6. The zero-order valence-corrected chi connectivity index (χ0v) is 30.1. The van der Waals surface area contributed by atoms with Gasteiger partial charge in [0.15, 0.2) is 0 Å². The number of nitrogens with zero attached hydrogens (tertiary/aromatic N) is 1. The van der Waals surface area contributed by atoms with Gasteiger partial charge in [0.1, 0.15) is 18.1 Å². The smallest absolute Gasteiger partial charge is 0.316 e. The van der Waals surface area contributed by atoms with Crippen LogP contribution in [0.2, 0.25) is 0 Å². The van der Waals surface area contributed by atoms with E-state index in [1.807, 2.05) is 85.7 Å². The van der Waals surface area contributed by atoms with Crippen LogP contribution in [0.15, 0.2) is 36.9 Å². The molecule has 2 aliphatic carbocycles. The van der Waals surface area contributed by atoms with Crippen molar-refractivity contribution in [3.05, 3.63) is 42.5 Å². The van der Waals surface area contributed by atoms with Gasteiger partial charge in [-0.15, -0.1) is 0 Å². The van der Waals surface area contributed by atoms with Crippen LogP contribution in [-0.2, 0) is 24.0 Å². The lowest BCUT2D eigenvalue weighted by Gasteiger charge is -2.38. The molecule has 0 bridgehead atoms. The molecule has 1 aliphatic heterocycles. The Kier molecular flexibility index (Phi) is 10.7. The van der Waals surface area contributed by atoms with E-state index in [4.69, 9.17) is 5.73 Å². The molecule has 12 nitrogen and oxygen atoms in total. The van der Waals surface area contributed by atoms with Crippen LogP contribution in [0.4, 0.5) is 4.79 Å². The second-order valence-corrected chi connectivity index (χ2v) is 16.8. The van der Waals surface area contributed by atoms with E-state index >= 15 is 0 Å². The zero-order chi connectivity index (χ0) is 36.6. The van der Waals surface area contributed by atoms with Gasteiger partial charge in [-0.3, -0.25) is 24.0 Å². The molecule has 1 saturated heterocycles. The Bertz CT molecular complexity index is 1490. The molecule has 12 heteroatoms. The summed E-state index contributed by atoms with van der Waals surface area (Å²) < 4.78 is 0. The molecule has 268 valence electrons. The molecule has 1 unspecified atom stereocenters. The van der Waals surface area contributed by atoms with Gasteiger partial charge in [-0.2, -0.15) is 0 Å². The fourth-order valence-electron chi connectivity index (χ4n) is 7.26. The number of amides is 6. The number of likely N-dealkylation sites (tertiary alicyclic amines) is 1. The normalized spacial score (nSPS) is 23.1. The minimum absolute atomic E-state index is 0.0465. The minimum Gasteiger partial charge on any atom is -0.363 e. The summed E-state index contributed by atoms with van der Waals surface area (Å²) in [5.74, 6) is -3.28. The van der Waals surface area contributed by atoms with Gasteiger partial charge < -0.3 is 31.9 Å². The van der Waals surface area contributed by atoms with Crippen LogP contribution in [0.5, 0.6) is 0 Å². The molecule has 0 radical (unpaired) electrons. The number of carbonyl (C=O) groups excluding carboxylic acids is 6. The van der Waals surface area contributed by atoms with Crippen molar-refractivity contribution in [1.29, 1.82) is 0 Å². The molecule has 1 heterocycles. The number of rotatable bonds is 12. The van der Waals surface area contributed by atoms with Gasteiger partial charge in [0.2, 0.25) is 23.5 Å². The van der Waals surface area contributed by atoms with E-state index in [9.17, 15) is 28.8 Å². The summed E-state index contributed by atoms with van der Waals surface area (Å²) in [4.78, 5) is 81.5. The summed E-state index contributed by atoms with van der Waals surface area (Å²) >= 11 is 0. The molecule has 6 N–H and O–H groups in total. The molecule has 4 rings (SSSR count). The third kappa shape index (κ3) is 8.33. The summed E-state index contributed by atoms with van der Waals surface area (Å²) in [5.41, 5.74) is 4.75. The molecule has 0 aromatic heterocycles. The van der Waals surface area contributed by atoms with Crippen molar-refractivity contribution in [3.8, 4) is 0 Å². The van der Waals surface area contributed by atoms with E-state index in [0.29, 0.717) is 18.7 Å². The Labute approximate surface area is 289 Å². The van der Waals surface area contributed by atoms with Crippen molar-refractivity contribution in [2.24, 2.45) is 39.7 Å². The lowest BCUT2D eigenvalue weighted by atomic mass is 9.80. The first-order valence-corrected chi connectivity index (χ1v) is 17.2. The number of carbonyl (C=O) groups is 6. The largest absolute Gasteiger partial charge is 0.363 e. The van der Waals surface area contributed by atoms with E-state index in [-0.39, 0.29) is 23.2 Å². The van der Waals surface area contributed by atoms with Crippen molar-refractivity contribution in [2.45, 2.75) is 105 Å². The maximum Gasteiger partial charge on any atom is 0.316 e. The monoisotopic (exact) mass is 678 g/mol. The van der Waals surface area contributed by atoms with Gasteiger partial charge in [-0.1, -0.05) is 112 Å². The maximum atomic E-state index is 14.4. The number of urea groups is 1. The van der Waals surface area contributed by atoms with Crippen LogP contribution in [-0.4, -0.2) is 71.1 Å². The highest BCUT2D eigenvalue weighted by molar-refractivity contribution is 6.37. The van der Waals surface area contributed by atoms with E-state index in [1.165, 1.54) is 4.90 Å². The van der Waals surface area contributed by atoms with E-state index < -0.39 is 70.4 Å². The summed E-state index contributed by atoms with van der Waals surface area (Å²) in [6.07, 6.45) is 3.16. The number of primary amides is 1. The topological polar surface area (TPSA) is 180 Å². The second kappa shape index (κ2) is 14.0. The summed E-state index contributed by atoms with van der Waals surface area (Å²) in [6, 6.07) is 4.42. The number of nitrogens with one attached hydrogen (secondary N) is 4. The fourth-order valence-corrected chi connectivity index (χ4v) is 7.26. The average molecular weight is 679 g/mol. The summed E-state index contributed by atoms with van der Waals surface area (Å²) in [7, 11) is 0. The summed E-state index contributed by atoms with van der Waals surface area (Å²) in [5, 5.41) is 11.2. The summed E-state index contributed by atoms with van der Waals surface area (Å²) in [6.45, 7) is 19.2. The first-order valence-electron chi connectivity index (χ1n) is 17.2. The fraction of sp³-hybridized carbons (Fsp3) is 0.622. The highest BCUT2D eigenvalue weighted by Crippen LogP contribution is 2.65. The lowest BCUT2D eigenvalue weighted by Crippen LogP contribution is -2.63. The van der Waals surface area contributed by atoms with Gasteiger partial charge in [0.25, 0.3) is 5.91 Å². The molecule has 2 saturated carbocycles. The minimum atomic E-state index is -1.11. The molecule has 1 aromatic rings. The molecule has 3 aliphatic rings. The highest BCUT2D eigenvalue weighted by Gasteiger charge is 2.70. The van der Waals surface area contributed by atoms with E-state index in [2.05, 4.69) is 27.8 Å². The van der Waals surface area contributed by atoms with Crippen LogP contribution >= 0.6 is 0 Å². The Morgan fingerprint density at radius 3 is 2.00 bits per heavy atom. The lowest BCUT2D eigenvalue weighted by molar-refractivity contribution is -0.145. The first kappa shape index (κ1) is 37.6. The maximum absolute atomic E-state index is 14.4.